The lowest BCUT2D eigenvalue weighted by Crippen LogP contribution is -2.78. The van der Waals surface area contributed by atoms with Crippen LogP contribution in [0.1, 0.15) is 66.2 Å². The summed E-state index contributed by atoms with van der Waals surface area (Å²) in [7, 11) is 0. The van der Waals surface area contributed by atoms with Gasteiger partial charge in [0.25, 0.3) is 5.92 Å². The summed E-state index contributed by atoms with van der Waals surface area (Å²) in [6.45, 7) is 6.84. The maximum atomic E-state index is 13.5. The van der Waals surface area contributed by atoms with Gasteiger partial charge in [-0.15, -0.1) is 24.8 Å². The summed E-state index contributed by atoms with van der Waals surface area (Å²) in [5.41, 5.74) is 11.4. The quantitative estimate of drug-likeness (QED) is 0.686. The van der Waals surface area contributed by atoms with Crippen molar-refractivity contribution < 1.29 is 13.2 Å². The summed E-state index contributed by atoms with van der Waals surface area (Å²) in [6, 6.07) is 0. The molecule has 6 rings (SSSR count). The van der Waals surface area contributed by atoms with E-state index in [4.69, 9.17) is 11.5 Å². The largest absolute Gasteiger partial charge is 0.325 e. The molecule has 6 aliphatic rings. The van der Waals surface area contributed by atoms with Crippen molar-refractivity contribution in [1.82, 2.24) is 0 Å². The molecule has 4 bridgehead atoms. The second-order valence-corrected chi connectivity index (χ2v) is 9.44. The van der Waals surface area contributed by atoms with Crippen molar-refractivity contribution in [2.24, 2.45) is 28.2 Å². The Hall–Kier alpha value is 0.0300. The molecule has 0 aromatic heterocycles. The van der Waals surface area contributed by atoms with Crippen LogP contribution < -0.4 is 11.5 Å². The molecule has 148 valence electrons. The van der Waals surface area contributed by atoms with Crippen LogP contribution in [0.5, 0.6) is 0 Å². The van der Waals surface area contributed by atoms with E-state index < -0.39 is 17.3 Å². The lowest BCUT2D eigenvalue weighted by atomic mass is 9.37. The highest BCUT2D eigenvalue weighted by molar-refractivity contribution is 5.85. The van der Waals surface area contributed by atoms with Crippen LogP contribution in [-0.4, -0.2) is 17.0 Å². The van der Waals surface area contributed by atoms with Gasteiger partial charge in [-0.2, -0.15) is 0 Å². The molecule has 0 aromatic carbocycles. The van der Waals surface area contributed by atoms with E-state index in [1.165, 1.54) is 0 Å². The van der Waals surface area contributed by atoms with E-state index in [0.29, 0.717) is 19.3 Å². The SMILES string of the molecule is CC(C)=C(F)C12CC(N)(C1)C2.CC(C)C(F)(F)C12CC(N)(C1)C2.Cl.Cl. The molecule has 6 fully saturated rings. The van der Waals surface area contributed by atoms with Crippen molar-refractivity contribution in [3.05, 3.63) is 11.4 Å². The van der Waals surface area contributed by atoms with Gasteiger partial charge in [0.05, 0.1) is 0 Å². The summed E-state index contributed by atoms with van der Waals surface area (Å²) >= 11 is 0. The topological polar surface area (TPSA) is 52.0 Å². The smallest absolute Gasteiger partial charge is 0.256 e. The predicted octanol–water partition coefficient (Wildman–Crippen LogP) is 5.13. The number of nitrogens with two attached hydrogens (primary N) is 2. The zero-order chi connectivity index (χ0) is 17.5. The minimum Gasteiger partial charge on any atom is -0.325 e. The zero-order valence-corrected chi connectivity index (χ0v) is 17.1. The molecule has 0 amide bonds. The van der Waals surface area contributed by atoms with Crippen LogP contribution in [0.2, 0.25) is 0 Å². The zero-order valence-electron chi connectivity index (χ0n) is 15.4. The standard InChI is InChI=1S/C9H15F2N.C9H14FN.2ClH/c1-6(2)9(10,11)7-3-8(12,4-7)5-7;1-6(2)7(10)8-3-9(11,4-8)5-8;;/h6H,3-5,12H2,1-2H3;3-5,11H2,1-2H3;2*1H. The first-order valence-corrected chi connectivity index (χ1v) is 8.58. The summed E-state index contributed by atoms with van der Waals surface area (Å²) in [4.78, 5) is 0. The molecule has 2 nitrogen and oxygen atoms in total. The average molecular weight is 403 g/mol. The minimum absolute atomic E-state index is 0. The summed E-state index contributed by atoms with van der Waals surface area (Å²) in [5.74, 6) is -2.96. The molecule has 7 heteroatoms. The van der Waals surface area contributed by atoms with Gasteiger partial charge in [-0.25, -0.2) is 13.2 Å². The van der Waals surface area contributed by atoms with Crippen LogP contribution in [0.3, 0.4) is 0 Å². The van der Waals surface area contributed by atoms with Crippen LogP contribution in [0.15, 0.2) is 11.4 Å². The fourth-order valence-electron chi connectivity index (χ4n) is 5.46. The Bertz CT molecular complexity index is 531. The Morgan fingerprint density at radius 2 is 1.24 bits per heavy atom. The van der Waals surface area contributed by atoms with Crippen LogP contribution in [0.4, 0.5) is 13.2 Å². The molecule has 0 heterocycles. The van der Waals surface area contributed by atoms with E-state index in [2.05, 4.69) is 0 Å². The lowest BCUT2D eigenvalue weighted by Gasteiger charge is -2.71. The highest BCUT2D eigenvalue weighted by Crippen LogP contribution is 2.73. The van der Waals surface area contributed by atoms with Crippen LogP contribution in [0, 0.1) is 16.7 Å². The molecule has 0 aliphatic heterocycles. The molecule has 0 aromatic rings. The molecule has 0 spiro atoms. The van der Waals surface area contributed by atoms with Crippen molar-refractivity contribution in [1.29, 1.82) is 0 Å². The number of hydrogen-bond donors (Lipinski definition) is 2. The predicted molar refractivity (Wildman–Crippen MR) is 100 cm³/mol. The number of alkyl halides is 2. The number of allylic oxidation sites excluding steroid dienone is 2. The molecular weight excluding hydrogens is 372 g/mol. The molecule has 25 heavy (non-hydrogen) atoms. The maximum Gasteiger partial charge on any atom is 0.256 e. The molecule has 0 radical (unpaired) electrons. The number of hydrogen-bond acceptors (Lipinski definition) is 2. The second kappa shape index (κ2) is 6.29. The van der Waals surface area contributed by atoms with Crippen LogP contribution >= 0.6 is 24.8 Å². The van der Waals surface area contributed by atoms with Gasteiger partial charge >= 0.3 is 0 Å². The van der Waals surface area contributed by atoms with E-state index in [1.807, 2.05) is 13.8 Å². The first-order chi connectivity index (χ1) is 10.3. The van der Waals surface area contributed by atoms with Gasteiger partial charge in [-0.1, -0.05) is 13.8 Å². The van der Waals surface area contributed by atoms with Crippen molar-refractivity contribution in [2.75, 3.05) is 0 Å². The van der Waals surface area contributed by atoms with Crippen molar-refractivity contribution in [2.45, 2.75) is 83.2 Å². The number of halogens is 5. The fourth-order valence-corrected chi connectivity index (χ4v) is 5.46. The van der Waals surface area contributed by atoms with Gasteiger partial charge in [0.15, 0.2) is 0 Å². The Morgan fingerprint density at radius 1 is 0.880 bits per heavy atom. The van der Waals surface area contributed by atoms with E-state index in [0.717, 1.165) is 24.8 Å². The Labute approximate surface area is 161 Å². The van der Waals surface area contributed by atoms with Gasteiger partial charge in [0.1, 0.15) is 5.83 Å². The summed E-state index contributed by atoms with van der Waals surface area (Å²) in [6.07, 6.45) is 4.21. The van der Waals surface area contributed by atoms with Gasteiger partial charge in [0, 0.05) is 27.8 Å². The molecule has 4 N–H and O–H groups in total. The third-order valence-corrected chi connectivity index (χ3v) is 6.48. The number of rotatable bonds is 3. The highest BCUT2D eigenvalue weighted by Gasteiger charge is 2.76. The molecular formula is C18H31Cl2F3N2. The van der Waals surface area contributed by atoms with Crippen molar-refractivity contribution in [3.63, 3.8) is 0 Å². The first-order valence-electron chi connectivity index (χ1n) is 8.58. The normalized spacial score (nSPS) is 42.0. The van der Waals surface area contributed by atoms with E-state index in [-0.39, 0.29) is 47.1 Å². The maximum absolute atomic E-state index is 13.5. The molecule has 6 saturated carbocycles. The fraction of sp³-hybridized carbons (Fsp3) is 0.889. The highest BCUT2D eigenvalue weighted by atomic mass is 35.5. The summed E-state index contributed by atoms with van der Waals surface area (Å²) in [5, 5.41) is 0. The molecule has 6 aliphatic carbocycles. The Kier molecular flexibility index (Phi) is 5.80. The van der Waals surface area contributed by atoms with Crippen molar-refractivity contribution in [3.8, 4) is 0 Å². The molecule has 0 unspecified atom stereocenters. The van der Waals surface area contributed by atoms with Gasteiger partial charge in [-0.05, 0) is 57.9 Å². The lowest BCUT2D eigenvalue weighted by molar-refractivity contribution is -0.290. The molecule has 0 saturated heterocycles. The first kappa shape index (κ1) is 23.1. The Morgan fingerprint density at radius 3 is 1.48 bits per heavy atom. The average Bonchev–Trinajstić information content (AvgIpc) is 2.28. The van der Waals surface area contributed by atoms with Crippen LogP contribution in [-0.2, 0) is 0 Å². The van der Waals surface area contributed by atoms with E-state index in [1.54, 1.807) is 13.8 Å². The Balaban J connectivity index is 0.000000232. The summed E-state index contributed by atoms with van der Waals surface area (Å²) < 4.78 is 40.4. The van der Waals surface area contributed by atoms with E-state index >= 15 is 0 Å². The van der Waals surface area contributed by atoms with Crippen LogP contribution in [0.25, 0.3) is 0 Å². The van der Waals surface area contributed by atoms with Gasteiger partial charge < -0.3 is 11.5 Å². The second-order valence-electron chi connectivity index (χ2n) is 9.44. The van der Waals surface area contributed by atoms with Gasteiger partial charge in [-0.3, -0.25) is 0 Å². The van der Waals surface area contributed by atoms with Gasteiger partial charge in [0.2, 0.25) is 0 Å². The van der Waals surface area contributed by atoms with E-state index in [9.17, 15) is 13.2 Å². The third kappa shape index (κ3) is 3.13. The molecule has 0 atom stereocenters. The van der Waals surface area contributed by atoms with Crippen molar-refractivity contribution >= 4 is 24.8 Å². The minimum atomic E-state index is -2.51. The monoisotopic (exact) mass is 402 g/mol. The third-order valence-electron chi connectivity index (χ3n) is 6.48.